The van der Waals surface area contributed by atoms with Crippen molar-refractivity contribution in [2.45, 2.75) is 160 Å². The Bertz CT molecular complexity index is 546. The molecule has 0 aromatic heterocycles. The van der Waals surface area contributed by atoms with Crippen LogP contribution in [0.4, 0.5) is 0 Å². The molecule has 1 nitrogen and oxygen atoms in total. The predicted octanol–water partition coefficient (Wildman–Crippen LogP) is 11.6. The number of hydrogen-bond acceptors (Lipinski definition) is 1. The molecular formula is C35H69N. The van der Waals surface area contributed by atoms with Gasteiger partial charge in [0.15, 0.2) is 0 Å². The van der Waals surface area contributed by atoms with Crippen LogP contribution in [0.2, 0.25) is 0 Å². The molecule has 1 aromatic rings. The molecular weight excluding hydrogens is 434 g/mol. The summed E-state index contributed by atoms with van der Waals surface area (Å²) in [5.74, 6) is 1.80. The standard InChI is InChI=1S/C21H35N.C7H14.C3H8.2C2H6/c1-17(2)16-21-12-10-19(11-13-21)7-5-4-6-18(3)22-15-14-20-8-9-20;1-4-5-6-7(2)3;1-3-2;2*1-2/h10-13,17-18,20,22H,4-9,14-16H2,1-3H3;6H,4-5H2,1-3H3;3H2,1-2H3;2*1-2H3. The van der Waals surface area contributed by atoms with Crippen LogP contribution in [0.1, 0.15) is 152 Å². The van der Waals surface area contributed by atoms with Gasteiger partial charge in [0, 0.05) is 6.04 Å². The van der Waals surface area contributed by atoms with Crippen LogP contribution < -0.4 is 5.32 Å². The molecule has 214 valence electrons. The summed E-state index contributed by atoms with van der Waals surface area (Å²) in [4.78, 5) is 0. The minimum Gasteiger partial charge on any atom is -0.314 e. The Morgan fingerprint density at radius 2 is 1.42 bits per heavy atom. The number of nitrogens with one attached hydrogen (secondary N) is 1. The summed E-state index contributed by atoms with van der Waals surface area (Å²) in [5.41, 5.74) is 4.41. The molecule has 1 heteroatoms. The normalized spacial score (nSPS) is 12.4. The molecule has 1 saturated carbocycles. The first-order valence-corrected chi connectivity index (χ1v) is 15.8. The van der Waals surface area contributed by atoms with E-state index in [1.165, 1.54) is 93.9 Å². The number of aryl methyl sites for hydroxylation is 1. The minimum absolute atomic E-state index is 0.687. The van der Waals surface area contributed by atoms with Gasteiger partial charge in [-0.25, -0.2) is 0 Å². The quantitative estimate of drug-likeness (QED) is 0.208. The zero-order valence-corrected chi connectivity index (χ0v) is 27.1. The van der Waals surface area contributed by atoms with Crippen molar-refractivity contribution in [2.75, 3.05) is 6.54 Å². The first-order chi connectivity index (χ1) is 17.3. The molecule has 0 bridgehead atoms. The Morgan fingerprint density at radius 1 is 0.889 bits per heavy atom. The van der Waals surface area contributed by atoms with Gasteiger partial charge < -0.3 is 5.32 Å². The van der Waals surface area contributed by atoms with E-state index in [0.29, 0.717) is 6.04 Å². The zero-order chi connectivity index (χ0) is 28.2. The lowest BCUT2D eigenvalue weighted by atomic mass is 9.99. The smallest absolute Gasteiger partial charge is 0.00387 e. The SMILES string of the molecule is CC.CC.CC(C)Cc1ccc(CCCCC(C)NCCC2CC2)cc1.CCC.CCCC=C(C)C. The van der Waals surface area contributed by atoms with Crippen molar-refractivity contribution in [3.05, 3.63) is 47.0 Å². The van der Waals surface area contributed by atoms with Crippen LogP contribution >= 0.6 is 0 Å². The lowest BCUT2D eigenvalue weighted by molar-refractivity contribution is 0.476. The average molecular weight is 504 g/mol. The summed E-state index contributed by atoms with van der Waals surface area (Å²) in [5, 5.41) is 3.68. The summed E-state index contributed by atoms with van der Waals surface area (Å²) in [6.45, 7) is 26.9. The second kappa shape index (κ2) is 30.1. The molecule has 1 aliphatic carbocycles. The van der Waals surface area contributed by atoms with Gasteiger partial charge in [0.1, 0.15) is 0 Å². The van der Waals surface area contributed by atoms with E-state index < -0.39 is 0 Å². The van der Waals surface area contributed by atoms with Crippen LogP contribution in [0.15, 0.2) is 35.9 Å². The third-order valence-corrected chi connectivity index (χ3v) is 5.60. The second-order valence-corrected chi connectivity index (χ2v) is 10.5. The molecule has 0 heterocycles. The van der Waals surface area contributed by atoms with E-state index in [1.807, 2.05) is 27.7 Å². The van der Waals surface area contributed by atoms with Crippen molar-refractivity contribution in [2.24, 2.45) is 11.8 Å². The molecule has 0 saturated heterocycles. The highest BCUT2D eigenvalue weighted by molar-refractivity contribution is 5.22. The topological polar surface area (TPSA) is 12.0 Å². The van der Waals surface area contributed by atoms with Crippen molar-refractivity contribution in [3.63, 3.8) is 0 Å². The summed E-state index contributed by atoms with van der Waals surface area (Å²) in [7, 11) is 0. The summed E-state index contributed by atoms with van der Waals surface area (Å²) >= 11 is 0. The van der Waals surface area contributed by atoms with Crippen LogP contribution in [0.25, 0.3) is 0 Å². The van der Waals surface area contributed by atoms with E-state index in [1.54, 1.807) is 0 Å². The Kier molecular flexibility index (Phi) is 33.0. The average Bonchev–Trinajstić information content (AvgIpc) is 3.69. The van der Waals surface area contributed by atoms with E-state index in [0.717, 1.165) is 11.8 Å². The number of allylic oxidation sites excluding steroid dienone is 2. The van der Waals surface area contributed by atoms with Crippen molar-refractivity contribution < 1.29 is 0 Å². The Balaban J connectivity index is -0.000000650. The third kappa shape index (κ3) is 31.0. The molecule has 36 heavy (non-hydrogen) atoms. The van der Waals surface area contributed by atoms with E-state index >= 15 is 0 Å². The number of hydrogen-bond donors (Lipinski definition) is 1. The molecule has 1 aromatic carbocycles. The molecule has 1 N–H and O–H groups in total. The van der Waals surface area contributed by atoms with Crippen molar-refractivity contribution >= 4 is 0 Å². The third-order valence-electron chi connectivity index (χ3n) is 5.60. The first kappa shape index (κ1) is 39.4. The van der Waals surface area contributed by atoms with Gasteiger partial charge in [-0.1, -0.05) is 130 Å². The van der Waals surface area contributed by atoms with E-state index in [-0.39, 0.29) is 0 Å². The van der Waals surface area contributed by atoms with Crippen LogP contribution in [0.5, 0.6) is 0 Å². The van der Waals surface area contributed by atoms with Crippen LogP contribution in [0, 0.1) is 11.8 Å². The Morgan fingerprint density at radius 3 is 1.83 bits per heavy atom. The van der Waals surface area contributed by atoms with Gasteiger partial charge in [-0.05, 0) is 88.8 Å². The zero-order valence-electron chi connectivity index (χ0n) is 27.1. The fourth-order valence-electron chi connectivity index (χ4n) is 3.57. The van der Waals surface area contributed by atoms with E-state index in [9.17, 15) is 0 Å². The molecule has 1 fully saturated rings. The van der Waals surface area contributed by atoms with Gasteiger partial charge in [-0.3, -0.25) is 0 Å². The molecule has 0 spiro atoms. The molecule has 1 atom stereocenters. The largest absolute Gasteiger partial charge is 0.314 e. The monoisotopic (exact) mass is 504 g/mol. The maximum atomic E-state index is 3.68. The molecule has 1 aliphatic rings. The predicted molar refractivity (Wildman–Crippen MR) is 170 cm³/mol. The second-order valence-electron chi connectivity index (χ2n) is 10.5. The highest BCUT2D eigenvalue weighted by Crippen LogP contribution is 2.31. The van der Waals surface area contributed by atoms with Crippen LogP contribution in [-0.2, 0) is 12.8 Å². The lowest BCUT2D eigenvalue weighted by Gasteiger charge is -2.13. The van der Waals surface area contributed by atoms with E-state index in [2.05, 4.69) is 91.0 Å². The van der Waals surface area contributed by atoms with Gasteiger partial charge in [0.25, 0.3) is 0 Å². The van der Waals surface area contributed by atoms with Gasteiger partial charge >= 0.3 is 0 Å². The van der Waals surface area contributed by atoms with Gasteiger partial charge in [-0.15, -0.1) is 0 Å². The van der Waals surface area contributed by atoms with Crippen LogP contribution in [0.3, 0.4) is 0 Å². The molecule has 0 aliphatic heterocycles. The van der Waals surface area contributed by atoms with Gasteiger partial charge in [-0.2, -0.15) is 0 Å². The maximum absolute atomic E-state index is 3.68. The van der Waals surface area contributed by atoms with Crippen LogP contribution in [-0.4, -0.2) is 12.6 Å². The highest BCUT2D eigenvalue weighted by Gasteiger charge is 2.20. The fourth-order valence-corrected chi connectivity index (χ4v) is 3.57. The minimum atomic E-state index is 0.687. The van der Waals surface area contributed by atoms with Crippen molar-refractivity contribution in [3.8, 4) is 0 Å². The molecule has 0 radical (unpaired) electrons. The van der Waals surface area contributed by atoms with Crippen molar-refractivity contribution in [1.29, 1.82) is 0 Å². The molecule has 1 unspecified atom stereocenters. The van der Waals surface area contributed by atoms with E-state index in [4.69, 9.17) is 0 Å². The summed E-state index contributed by atoms with van der Waals surface area (Å²) in [6, 6.07) is 9.98. The number of benzene rings is 1. The molecule has 2 rings (SSSR count). The number of rotatable bonds is 13. The highest BCUT2D eigenvalue weighted by atomic mass is 14.9. The summed E-state index contributed by atoms with van der Waals surface area (Å²) < 4.78 is 0. The lowest BCUT2D eigenvalue weighted by Crippen LogP contribution is -2.27. The summed E-state index contributed by atoms with van der Waals surface area (Å²) in [6.07, 6.45) is 16.8. The Labute approximate surface area is 230 Å². The Hall–Kier alpha value is -1.08. The van der Waals surface area contributed by atoms with Gasteiger partial charge in [0.2, 0.25) is 0 Å². The molecule has 0 amide bonds. The fraction of sp³-hybridized carbons (Fsp3) is 0.771. The first-order valence-electron chi connectivity index (χ1n) is 15.8. The van der Waals surface area contributed by atoms with Crippen molar-refractivity contribution in [1.82, 2.24) is 5.32 Å². The number of unbranched alkanes of at least 4 members (excludes halogenated alkanes) is 2. The maximum Gasteiger partial charge on any atom is 0.00387 e. The van der Waals surface area contributed by atoms with Gasteiger partial charge in [0.05, 0.1) is 0 Å².